The molecule has 4 aromatic rings. The second-order valence-electron chi connectivity index (χ2n) is 8.15. The summed E-state index contributed by atoms with van der Waals surface area (Å²) in [6.45, 7) is 0.727. The average Bonchev–Trinajstić information content (AvgIpc) is 3.03. The van der Waals surface area contributed by atoms with Crippen molar-refractivity contribution in [1.82, 2.24) is 0 Å². The van der Waals surface area contributed by atoms with E-state index in [1.165, 1.54) is 13.2 Å². The highest BCUT2D eigenvalue weighted by Crippen LogP contribution is 2.43. The van der Waals surface area contributed by atoms with Crippen molar-refractivity contribution < 1.29 is 28.8 Å². The lowest BCUT2D eigenvalue weighted by Gasteiger charge is -2.17. The van der Waals surface area contributed by atoms with Crippen molar-refractivity contribution in [3.63, 3.8) is 0 Å². The van der Waals surface area contributed by atoms with Crippen molar-refractivity contribution in [2.45, 2.75) is 19.8 Å². The van der Waals surface area contributed by atoms with Gasteiger partial charge in [-0.25, -0.2) is 4.79 Å². The fraction of sp³-hybridized carbons (Fsp3) is 0.138. The Labute approximate surface area is 203 Å². The normalized spacial score (nSPS) is 12.1. The second-order valence-corrected chi connectivity index (χ2v) is 8.15. The molecule has 0 fully saturated rings. The fourth-order valence-electron chi connectivity index (χ4n) is 4.03. The average molecular weight is 469 g/mol. The highest BCUT2D eigenvalue weighted by molar-refractivity contribution is 6.02. The van der Waals surface area contributed by atoms with Crippen LogP contribution in [0.2, 0.25) is 0 Å². The van der Waals surface area contributed by atoms with Gasteiger partial charge in [-0.2, -0.15) is 0 Å². The smallest absolute Gasteiger partial charge is 0.342 e. The molecule has 1 heterocycles. The van der Waals surface area contributed by atoms with Gasteiger partial charge in [-0.15, -0.1) is 0 Å². The van der Waals surface area contributed by atoms with Gasteiger partial charge >= 0.3 is 5.97 Å². The van der Waals surface area contributed by atoms with Crippen molar-refractivity contribution >= 4 is 5.97 Å². The molecule has 0 unspecified atom stereocenters. The van der Waals surface area contributed by atoms with Gasteiger partial charge in [-0.05, 0) is 34.9 Å². The van der Waals surface area contributed by atoms with Crippen molar-refractivity contribution in [3.8, 4) is 34.1 Å². The lowest BCUT2D eigenvalue weighted by Crippen LogP contribution is -2.04. The van der Waals surface area contributed by atoms with Crippen LogP contribution >= 0.6 is 0 Å². The van der Waals surface area contributed by atoms with Crippen LogP contribution in [-0.2, 0) is 24.6 Å². The predicted octanol–water partition coefficient (Wildman–Crippen LogP) is 5.90. The van der Waals surface area contributed by atoms with Crippen LogP contribution in [0, 0.1) is 0 Å². The minimum Gasteiger partial charge on any atom is -0.507 e. The van der Waals surface area contributed by atoms with E-state index in [4.69, 9.17) is 18.9 Å². The number of benzene rings is 4. The third-order valence-corrected chi connectivity index (χ3v) is 5.82. The van der Waals surface area contributed by atoms with Gasteiger partial charge in [-0.1, -0.05) is 60.7 Å². The Morgan fingerprint density at radius 2 is 1.40 bits per heavy atom. The highest BCUT2D eigenvalue weighted by Gasteiger charge is 2.27. The molecule has 35 heavy (non-hydrogen) atoms. The Morgan fingerprint density at radius 3 is 2.00 bits per heavy atom. The minimum atomic E-state index is -0.602. The topological polar surface area (TPSA) is 74.2 Å². The number of cyclic esters (lactones) is 1. The summed E-state index contributed by atoms with van der Waals surface area (Å²) >= 11 is 0. The molecule has 6 heteroatoms. The summed E-state index contributed by atoms with van der Waals surface area (Å²) in [5, 5.41) is 10.5. The lowest BCUT2D eigenvalue weighted by atomic mass is 9.95. The van der Waals surface area contributed by atoms with E-state index < -0.39 is 5.97 Å². The molecule has 1 N–H and O–H groups in total. The predicted molar refractivity (Wildman–Crippen MR) is 131 cm³/mol. The first-order valence-electron chi connectivity index (χ1n) is 11.2. The van der Waals surface area contributed by atoms with Crippen LogP contribution in [0.5, 0.6) is 23.0 Å². The van der Waals surface area contributed by atoms with Crippen LogP contribution in [0.4, 0.5) is 0 Å². The summed E-state index contributed by atoms with van der Waals surface area (Å²) in [5.41, 5.74) is 4.07. The number of phenolic OH excluding ortho intramolecular Hbond substituents is 1. The largest absolute Gasteiger partial charge is 0.507 e. The number of carbonyl (C=O) groups excluding carboxylic acids is 1. The van der Waals surface area contributed by atoms with Gasteiger partial charge in [0.05, 0.1) is 7.11 Å². The standard InChI is InChI=1S/C29H24O6/c1-32-22-13-24-23-15-27(34-17-20-10-6-3-7-11-20)26(33-16-19-8-4-2-5-9-19)12-21(23)18-35-29(31)28(24)25(30)14-22/h2-15,30H,16-18H2,1H3. The van der Waals surface area contributed by atoms with Crippen molar-refractivity contribution in [1.29, 1.82) is 0 Å². The Bertz CT molecular complexity index is 1350. The molecule has 1 aliphatic rings. The minimum absolute atomic E-state index is 0.0330. The van der Waals surface area contributed by atoms with E-state index in [9.17, 15) is 9.90 Å². The SMILES string of the molecule is COc1cc(O)c2c(c1)-c1cc(OCc3ccccc3)c(OCc3ccccc3)cc1COC2=O. The molecule has 6 nitrogen and oxygen atoms in total. The summed E-state index contributed by atoms with van der Waals surface area (Å²) in [6, 6.07) is 26.4. The summed E-state index contributed by atoms with van der Waals surface area (Å²) in [6.07, 6.45) is 0. The lowest BCUT2D eigenvalue weighted by molar-refractivity contribution is 0.0475. The van der Waals surface area contributed by atoms with Gasteiger partial charge in [0, 0.05) is 17.2 Å². The molecule has 0 radical (unpaired) electrons. The quantitative estimate of drug-likeness (QED) is 0.341. The summed E-state index contributed by atoms with van der Waals surface area (Å²) in [4.78, 5) is 12.7. The van der Waals surface area contributed by atoms with Crippen LogP contribution < -0.4 is 14.2 Å². The third-order valence-electron chi connectivity index (χ3n) is 5.82. The van der Waals surface area contributed by atoms with Crippen molar-refractivity contribution in [3.05, 3.63) is 107 Å². The number of fused-ring (bicyclic) bond motifs is 3. The van der Waals surface area contributed by atoms with E-state index in [1.807, 2.05) is 72.8 Å². The number of aromatic hydroxyl groups is 1. The molecule has 0 saturated carbocycles. The zero-order chi connectivity index (χ0) is 24.2. The maximum Gasteiger partial charge on any atom is 0.342 e. The van der Waals surface area contributed by atoms with E-state index >= 15 is 0 Å². The Balaban J connectivity index is 1.58. The number of methoxy groups -OCH3 is 1. The number of esters is 1. The first-order chi connectivity index (χ1) is 17.1. The molecule has 0 atom stereocenters. The summed E-state index contributed by atoms with van der Waals surface area (Å²) < 4.78 is 23.2. The third kappa shape index (κ3) is 4.77. The molecule has 176 valence electrons. The van der Waals surface area contributed by atoms with Crippen molar-refractivity contribution in [2.75, 3.05) is 7.11 Å². The number of hydrogen-bond acceptors (Lipinski definition) is 6. The van der Waals surface area contributed by atoms with Crippen LogP contribution in [-0.4, -0.2) is 18.2 Å². The molecule has 0 aliphatic carbocycles. The van der Waals surface area contributed by atoms with Crippen LogP contribution in [0.3, 0.4) is 0 Å². The summed E-state index contributed by atoms with van der Waals surface area (Å²) in [7, 11) is 1.51. The molecule has 0 spiro atoms. The van der Waals surface area contributed by atoms with Gasteiger partial charge in [0.15, 0.2) is 11.5 Å². The second kappa shape index (κ2) is 9.81. The fourth-order valence-corrected chi connectivity index (χ4v) is 4.03. The van der Waals surface area contributed by atoms with Gasteiger partial charge in [0.25, 0.3) is 0 Å². The van der Waals surface area contributed by atoms with Gasteiger partial charge in [-0.3, -0.25) is 0 Å². The van der Waals surface area contributed by atoms with E-state index in [1.54, 1.807) is 6.07 Å². The molecular formula is C29H24O6. The molecule has 0 bridgehead atoms. The van der Waals surface area contributed by atoms with Crippen LogP contribution in [0.1, 0.15) is 27.0 Å². The van der Waals surface area contributed by atoms with Gasteiger partial charge in [0.1, 0.15) is 36.9 Å². The number of carbonyl (C=O) groups is 1. The maximum absolute atomic E-state index is 12.7. The zero-order valence-corrected chi connectivity index (χ0v) is 19.2. The molecule has 0 amide bonds. The number of phenols is 1. The van der Waals surface area contributed by atoms with E-state index in [0.717, 1.165) is 16.7 Å². The molecule has 0 saturated heterocycles. The molecule has 1 aliphatic heterocycles. The number of rotatable bonds is 7. The first-order valence-corrected chi connectivity index (χ1v) is 11.2. The van der Waals surface area contributed by atoms with Crippen LogP contribution in [0.15, 0.2) is 84.9 Å². The Hall–Kier alpha value is -4.45. The van der Waals surface area contributed by atoms with Gasteiger partial charge < -0.3 is 24.1 Å². The van der Waals surface area contributed by atoms with Crippen molar-refractivity contribution in [2.24, 2.45) is 0 Å². The molecular weight excluding hydrogens is 444 g/mol. The number of ether oxygens (including phenoxy) is 4. The monoisotopic (exact) mass is 468 g/mol. The first kappa shape index (κ1) is 22.3. The molecule has 0 aromatic heterocycles. The Morgan fingerprint density at radius 1 is 0.800 bits per heavy atom. The summed E-state index contributed by atoms with van der Waals surface area (Å²) in [5.74, 6) is 0.683. The zero-order valence-electron chi connectivity index (χ0n) is 19.2. The van der Waals surface area contributed by atoms with E-state index in [2.05, 4.69) is 0 Å². The highest BCUT2D eigenvalue weighted by atomic mass is 16.5. The van der Waals surface area contributed by atoms with Gasteiger partial charge in [0.2, 0.25) is 0 Å². The van der Waals surface area contributed by atoms with Crippen LogP contribution in [0.25, 0.3) is 11.1 Å². The number of hydrogen-bond donors (Lipinski definition) is 1. The Kier molecular flexibility index (Phi) is 6.26. The maximum atomic E-state index is 12.7. The van der Waals surface area contributed by atoms with E-state index in [0.29, 0.717) is 41.6 Å². The molecule has 5 rings (SSSR count). The van der Waals surface area contributed by atoms with E-state index in [-0.39, 0.29) is 17.9 Å². The molecule has 4 aromatic carbocycles.